The van der Waals surface area contributed by atoms with Crippen LogP contribution in [0, 0.1) is 11.6 Å². The number of aromatic nitrogens is 1. The molecule has 1 aromatic carbocycles. The van der Waals surface area contributed by atoms with Gasteiger partial charge in [0.25, 0.3) is 0 Å². The summed E-state index contributed by atoms with van der Waals surface area (Å²) in [6.07, 6.45) is 0.669. The zero-order chi connectivity index (χ0) is 11.7. The van der Waals surface area contributed by atoms with Crippen molar-refractivity contribution in [1.29, 1.82) is 0 Å². The standard InChI is InChI=1S/C11H11F2N3/c1-2-7-5-10(16-14)11-8(13)3-6(12)4-9(11)15-7/h3-5H,2,14H2,1H3,(H,15,16). The first kappa shape index (κ1) is 10.8. The molecule has 0 atom stereocenters. The summed E-state index contributed by atoms with van der Waals surface area (Å²) in [7, 11) is 0. The lowest BCUT2D eigenvalue weighted by Gasteiger charge is -2.08. The van der Waals surface area contributed by atoms with Crippen molar-refractivity contribution < 1.29 is 8.78 Å². The highest BCUT2D eigenvalue weighted by Crippen LogP contribution is 2.26. The number of aryl methyl sites for hydroxylation is 1. The maximum atomic E-state index is 13.6. The summed E-state index contributed by atoms with van der Waals surface area (Å²) >= 11 is 0. The Hall–Kier alpha value is -1.75. The molecule has 3 nitrogen and oxygen atoms in total. The zero-order valence-corrected chi connectivity index (χ0v) is 8.72. The molecule has 2 rings (SSSR count). The normalized spacial score (nSPS) is 10.8. The Morgan fingerprint density at radius 3 is 2.69 bits per heavy atom. The van der Waals surface area contributed by atoms with Crippen molar-refractivity contribution in [1.82, 2.24) is 4.98 Å². The molecule has 5 heteroatoms. The average Bonchev–Trinajstić information content (AvgIpc) is 2.26. The van der Waals surface area contributed by atoms with Crippen LogP contribution in [0.1, 0.15) is 12.6 Å². The van der Waals surface area contributed by atoms with Crippen molar-refractivity contribution in [3.8, 4) is 0 Å². The number of nitrogen functional groups attached to an aromatic ring is 1. The Kier molecular flexibility index (Phi) is 2.70. The second-order valence-electron chi connectivity index (χ2n) is 3.44. The maximum Gasteiger partial charge on any atom is 0.137 e. The predicted octanol–water partition coefficient (Wildman–Crippen LogP) is 2.36. The number of pyridine rings is 1. The summed E-state index contributed by atoms with van der Waals surface area (Å²) in [6.45, 7) is 1.91. The molecule has 0 saturated carbocycles. The van der Waals surface area contributed by atoms with Gasteiger partial charge in [-0.05, 0) is 12.5 Å². The van der Waals surface area contributed by atoms with Crippen molar-refractivity contribution in [2.75, 3.05) is 5.43 Å². The van der Waals surface area contributed by atoms with E-state index in [9.17, 15) is 8.78 Å². The lowest BCUT2D eigenvalue weighted by Crippen LogP contribution is -2.09. The van der Waals surface area contributed by atoms with E-state index in [2.05, 4.69) is 10.4 Å². The number of fused-ring (bicyclic) bond motifs is 1. The van der Waals surface area contributed by atoms with Crippen LogP contribution in [-0.4, -0.2) is 4.98 Å². The van der Waals surface area contributed by atoms with Crippen LogP contribution in [0.3, 0.4) is 0 Å². The Morgan fingerprint density at radius 2 is 2.06 bits per heavy atom. The van der Waals surface area contributed by atoms with Gasteiger partial charge in [0.15, 0.2) is 0 Å². The number of hydrogen-bond acceptors (Lipinski definition) is 3. The molecule has 0 unspecified atom stereocenters. The van der Waals surface area contributed by atoms with Gasteiger partial charge in [-0.3, -0.25) is 10.8 Å². The molecule has 1 heterocycles. The molecule has 84 valence electrons. The number of hydrogen-bond donors (Lipinski definition) is 2. The van der Waals surface area contributed by atoms with Gasteiger partial charge < -0.3 is 5.43 Å². The fraction of sp³-hybridized carbons (Fsp3) is 0.182. The van der Waals surface area contributed by atoms with Crippen molar-refractivity contribution in [3.05, 3.63) is 35.5 Å². The summed E-state index contributed by atoms with van der Waals surface area (Å²) in [5.41, 5.74) is 3.81. The van der Waals surface area contributed by atoms with Crippen LogP contribution in [0.2, 0.25) is 0 Å². The van der Waals surface area contributed by atoms with Crippen LogP contribution in [-0.2, 0) is 6.42 Å². The SMILES string of the molecule is CCc1cc(NN)c2c(F)cc(F)cc2n1. The van der Waals surface area contributed by atoms with E-state index in [-0.39, 0.29) is 10.9 Å². The highest BCUT2D eigenvalue weighted by molar-refractivity contribution is 5.91. The van der Waals surface area contributed by atoms with Gasteiger partial charge in [-0.15, -0.1) is 0 Å². The van der Waals surface area contributed by atoms with E-state index in [0.717, 1.165) is 11.8 Å². The van der Waals surface area contributed by atoms with E-state index in [1.165, 1.54) is 6.07 Å². The summed E-state index contributed by atoms with van der Waals surface area (Å²) in [5.74, 6) is 4.00. The first-order chi connectivity index (χ1) is 7.65. The van der Waals surface area contributed by atoms with Gasteiger partial charge in [0.05, 0.1) is 16.6 Å². The predicted molar refractivity (Wildman–Crippen MR) is 58.8 cm³/mol. The molecule has 0 fully saturated rings. The molecule has 0 aliphatic heterocycles. The number of anilines is 1. The number of nitrogens with two attached hydrogens (primary N) is 1. The number of rotatable bonds is 2. The van der Waals surface area contributed by atoms with E-state index in [4.69, 9.17) is 5.84 Å². The Morgan fingerprint density at radius 1 is 1.31 bits per heavy atom. The lowest BCUT2D eigenvalue weighted by atomic mass is 10.1. The number of nitrogens with zero attached hydrogens (tertiary/aromatic N) is 1. The molecular weight excluding hydrogens is 212 g/mol. The van der Waals surface area contributed by atoms with E-state index >= 15 is 0 Å². The summed E-state index contributed by atoms with van der Waals surface area (Å²) < 4.78 is 26.6. The van der Waals surface area contributed by atoms with Gasteiger partial charge in [0.1, 0.15) is 11.6 Å². The molecule has 0 bridgehead atoms. The van der Waals surface area contributed by atoms with E-state index in [0.29, 0.717) is 12.1 Å². The van der Waals surface area contributed by atoms with Gasteiger partial charge in [-0.1, -0.05) is 6.92 Å². The van der Waals surface area contributed by atoms with Crippen LogP contribution < -0.4 is 11.3 Å². The third kappa shape index (κ3) is 1.69. The average molecular weight is 223 g/mol. The second kappa shape index (κ2) is 4.02. The van der Waals surface area contributed by atoms with Crippen LogP contribution in [0.25, 0.3) is 10.9 Å². The molecule has 0 saturated heterocycles. The molecule has 2 aromatic rings. The molecule has 0 aliphatic rings. The zero-order valence-electron chi connectivity index (χ0n) is 8.72. The van der Waals surface area contributed by atoms with Crippen molar-refractivity contribution in [3.63, 3.8) is 0 Å². The van der Waals surface area contributed by atoms with Gasteiger partial charge >= 0.3 is 0 Å². The molecule has 0 amide bonds. The molecule has 0 aliphatic carbocycles. The van der Waals surface area contributed by atoms with Crippen LogP contribution >= 0.6 is 0 Å². The number of benzene rings is 1. The summed E-state index contributed by atoms with van der Waals surface area (Å²) in [4.78, 5) is 4.15. The highest BCUT2D eigenvalue weighted by atomic mass is 19.1. The van der Waals surface area contributed by atoms with Gasteiger partial charge in [0, 0.05) is 17.8 Å². The molecular formula is C11H11F2N3. The Labute approximate surface area is 91.3 Å². The quantitative estimate of drug-likeness (QED) is 0.607. The van der Waals surface area contributed by atoms with Crippen molar-refractivity contribution in [2.24, 2.45) is 5.84 Å². The third-order valence-electron chi connectivity index (χ3n) is 2.40. The molecule has 3 N–H and O–H groups in total. The topological polar surface area (TPSA) is 50.9 Å². The Balaban J connectivity index is 2.83. The molecule has 0 spiro atoms. The minimum absolute atomic E-state index is 0.209. The number of halogens is 2. The fourth-order valence-electron chi connectivity index (χ4n) is 1.64. The molecule has 0 radical (unpaired) electrons. The smallest absolute Gasteiger partial charge is 0.137 e. The van der Waals surface area contributed by atoms with Crippen LogP contribution in [0.5, 0.6) is 0 Å². The first-order valence-corrected chi connectivity index (χ1v) is 4.91. The second-order valence-corrected chi connectivity index (χ2v) is 3.44. The minimum Gasteiger partial charge on any atom is -0.323 e. The molecule has 16 heavy (non-hydrogen) atoms. The number of nitrogens with one attached hydrogen (secondary N) is 1. The number of hydrazine groups is 1. The fourth-order valence-corrected chi connectivity index (χ4v) is 1.64. The maximum absolute atomic E-state index is 13.6. The van der Waals surface area contributed by atoms with E-state index < -0.39 is 11.6 Å². The van der Waals surface area contributed by atoms with Gasteiger partial charge in [-0.2, -0.15) is 0 Å². The highest BCUT2D eigenvalue weighted by Gasteiger charge is 2.10. The molecule has 1 aromatic heterocycles. The van der Waals surface area contributed by atoms with Crippen molar-refractivity contribution >= 4 is 16.6 Å². The van der Waals surface area contributed by atoms with Crippen molar-refractivity contribution in [2.45, 2.75) is 13.3 Å². The third-order valence-corrected chi connectivity index (χ3v) is 2.40. The minimum atomic E-state index is -0.668. The summed E-state index contributed by atoms with van der Waals surface area (Å²) in [6, 6.07) is 3.66. The lowest BCUT2D eigenvalue weighted by molar-refractivity contribution is 0.591. The van der Waals surface area contributed by atoms with E-state index in [1.807, 2.05) is 6.92 Å². The van der Waals surface area contributed by atoms with Gasteiger partial charge in [0.2, 0.25) is 0 Å². The van der Waals surface area contributed by atoms with Crippen LogP contribution in [0.15, 0.2) is 18.2 Å². The monoisotopic (exact) mass is 223 g/mol. The van der Waals surface area contributed by atoms with E-state index in [1.54, 1.807) is 6.07 Å². The van der Waals surface area contributed by atoms with Crippen LogP contribution in [0.4, 0.5) is 14.5 Å². The Bertz CT molecular complexity index is 540. The summed E-state index contributed by atoms with van der Waals surface area (Å²) in [5, 5.41) is 0.209. The largest absolute Gasteiger partial charge is 0.323 e. The van der Waals surface area contributed by atoms with Gasteiger partial charge in [-0.25, -0.2) is 8.78 Å². The first-order valence-electron chi connectivity index (χ1n) is 4.91.